The summed E-state index contributed by atoms with van der Waals surface area (Å²) in [7, 11) is 3.37. The number of hydrogen-bond donors (Lipinski definition) is 2. The summed E-state index contributed by atoms with van der Waals surface area (Å²) < 4.78 is 8.77. The highest BCUT2D eigenvalue weighted by molar-refractivity contribution is 5.93. The summed E-state index contributed by atoms with van der Waals surface area (Å²) >= 11 is 0. The average Bonchev–Trinajstić information content (AvgIpc) is 3.46. The normalized spacial score (nSPS) is 10.7. The topological polar surface area (TPSA) is 98.9 Å². The van der Waals surface area contributed by atoms with Crippen molar-refractivity contribution in [2.75, 3.05) is 25.5 Å². The van der Waals surface area contributed by atoms with Crippen LogP contribution in [0, 0.1) is 6.92 Å². The van der Waals surface area contributed by atoms with Crippen LogP contribution < -0.4 is 15.4 Å². The van der Waals surface area contributed by atoms with E-state index >= 15 is 0 Å². The number of anilines is 1. The van der Waals surface area contributed by atoms with Crippen LogP contribution in [-0.4, -0.2) is 50.4 Å². The van der Waals surface area contributed by atoms with Gasteiger partial charge in [-0.1, -0.05) is 12.1 Å². The van der Waals surface area contributed by atoms with Gasteiger partial charge in [-0.15, -0.1) is 0 Å². The molecular weight excluding hydrogens is 406 g/mol. The molecule has 2 N–H and O–H groups in total. The predicted molar refractivity (Wildman–Crippen MR) is 122 cm³/mol. The summed E-state index contributed by atoms with van der Waals surface area (Å²) in [4.78, 5) is 21.5. The van der Waals surface area contributed by atoms with Gasteiger partial charge in [-0.2, -0.15) is 5.10 Å². The van der Waals surface area contributed by atoms with E-state index in [2.05, 4.69) is 25.7 Å². The highest BCUT2D eigenvalue weighted by Crippen LogP contribution is 2.23. The van der Waals surface area contributed by atoms with Crippen molar-refractivity contribution in [3.05, 3.63) is 72.4 Å². The van der Waals surface area contributed by atoms with Crippen LogP contribution >= 0.6 is 0 Å². The Kier molecular flexibility index (Phi) is 6.16. The van der Waals surface area contributed by atoms with Crippen LogP contribution in [0.25, 0.3) is 17.1 Å². The molecule has 9 heteroatoms. The van der Waals surface area contributed by atoms with Gasteiger partial charge in [0.1, 0.15) is 28.9 Å². The van der Waals surface area contributed by atoms with Gasteiger partial charge < -0.3 is 19.9 Å². The Morgan fingerprint density at radius 2 is 1.88 bits per heavy atom. The Labute approximate surface area is 186 Å². The van der Waals surface area contributed by atoms with Crippen molar-refractivity contribution in [1.82, 2.24) is 29.6 Å². The van der Waals surface area contributed by atoms with Crippen molar-refractivity contribution in [3.8, 4) is 22.8 Å². The molecule has 0 spiro atoms. The zero-order valence-electron chi connectivity index (χ0n) is 18.2. The second-order valence-corrected chi connectivity index (χ2v) is 7.20. The van der Waals surface area contributed by atoms with Crippen molar-refractivity contribution in [2.45, 2.75) is 6.92 Å². The van der Waals surface area contributed by atoms with Crippen LogP contribution in [0.5, 0.6) is 5.75 Å². The van der Waals surface area contributed by atoms with Gasteiger partial charge in [0.05, 0.1) is 12.8 Å². The van der Waals surface area contributed by atoms with E-state index in [1.807, 2.05) is 66.3 Å². The molecule has 0 unspecified atom stereocenters. The summed E-state index contributed by atoms with van der Waals surface area (Å²) in [6.45, 7) is 2.80. The Morgan fingerprint density at radius 3 is 2.66 bits per heavy atom. The molecule has 0 bridgehead atoms. The molecule has 0 atom stereocenters. The molecule has 9 nitrogen and oxygen atoms in total. The first-order valence-corrected chi connectivity index (χ1v) is 10.2. The SMILES string of the molecule is COc1cccc(-c2cc(C(=O)NCCNc3cc(-n4cccc4)nc(C)n3)n(C)n2)c1. The number of nitrogens with one attached hydrogen (secondary N) is 2. The summed E-state index contributed by atoms with van der Waals surface area (Å²) in [5.41, 5.74) is 2.08. The number of ether oxygens (including phenoxy) is 1. The molecule has 0 aliphatic carbocycles. The first-order valence-electron chi connectivity index (χ1n) is 10.2. The van der Waals surface area contributed by atoms with Crippen LogP contribution in [0.4, 0.5) is 5.82 Å². The molecule has 0 aliphatic rings. The summed E-state index contributed by atoms with van der Waals surface area (Å²) in [5, 5.41) is 10.6. The second kappa shape index (κ2) is 9.34. The minimum Gasteiger partial charge on any atom is -0.497 e. The molecule has 0 saturated carbocycles. The van der Waals surface area contributed by atoms with Gasteiger partial charge >= 0.3 is 0 Å². The molecule has 0 fully saturated rings. The lowest BCUT2D eigenvalue weighted by Crippen LogP contribution is -2.30. The van der Waals surface area contributed by atoms with Gasteiger partial charge in [0.2, 0.25) is 0 Å². The molecule has 3 aromatic heterocycles. The zero-order chi connectivity index (χ0) is 22.5. The minimum atomic E-state index is -0.192. The molecule has 4 rings (SSSR count). The lowest BCUT2D eigenvalue weighted by atomic mass is 10.1. The van der Waals surface area contributed by atoms with Gasteiger partial charge in [0.15, 0.2) is 0 Å². The first-order chi connectivity index (χ1) is 15.5. The molecule has 0 aliphatic heterocycles. The van der Waals surface area contributed by atoms with Crippen molar-refractivity contribution in [1.29, 1.82) is 0 Å². The van der Waals surface area contributed by atoms with E-state index in [0.29, 0.717) is 36.1 Å². The van der Waals surface area contributed by atoms with Crippen LogP contribution in [0.1, 0.15) is 16.3 Å². The predicted octanol–water partition coefficient (Wildman–Crippen LogP) is 2.83. The van der Waals surface area contributed by atoms with E-state index in [4.69, 9.17) is 4.74 Å². The van der Waals surface area contributed by atoms with Crippen LogP contribution in [-0.2, 0) is 7.05 Å². The van der Waals surface area contributed by atoms with Crippen molar-refractivity contribution < 1.29 is 9.53 Å². The maximum Gasteiger partial charge on any atom is 0.269 e. The van der Waals surface area contributed by atoms with Crippen LogP contribution in [0.3, 0.4) is 0 Å². The van der Waals surface area contributed by atoms with E-state index < -0.39 is 0 Å². The molecule has 1 aromatic carbocycles. The third kappa shape index (κ3) is 4.77. The molecule has 0 radical (unpaired) electrons. The van der Waals surface area contributed by atoms with E-state index in [1.54, 1.807) is 24.9 Å². The van der Waals surface area contributed by atoms with Crippen LogP contribution in [0.2, 0.25) is 0 Å². The Bertz CT molecular complexity index is 1220. The van der Waals surface area contributed by atoms with E-state index in [9.17, 15) is 4.79 Å². The molecule has 3 heterocycles. The van der Waals surface area contributed by atoms with E-state index in [1.165, 1.54) is 0 Å². The minimum absolute atomic E-state index is 0.192. The number of carbonyl (C=O) groups excluding carboxylic acids is 1. The zero-order valence-corrected chi connectivity index (χ0v) is 18.2. The maximum absolute atomic E-state index is 12.7. The fraction of sp³-hybridized carbons (Fsp3) is 0.217. The maximum atomic E-state index is 12.7. The highest BCUT2D eigenvalue weighted by Gasteiger charge is 2.14. The Morgan fingerprint density at radius 1 is 1.06 bits per heavy atom. The van der Waals surface area contributed by atoms with Gasteiger partial charge in [-0.25, -0.2) is 9.97 Å². The van der Waals surface area contributed by atoms with Gasteiger partial charge in [0, 0.05) is 44.2 Å². The van der Waals surface area contributed by atoms with Crippen molar-refractivity contribution in [2.24, 2.45) is 7.05 Å². The largest absolute Gasteiger partial charge is 0.497 e. The number of hydrogen-bond acceptors (Lipinski definition) is 6. The number of aromatic nitrogens is 5. The highest BCUT2D eigenvalue weighted by atomic mass is 16.5. The number of rotatable bonds is 8. The monoisotopic (exact) mass is 431 g/mol. The molecule has 164 valence electrons. The molecule has 4 aromatic rings. The molecular formula is C23H25N7O2. The molecule has 0 saturated heterocycles. The standard InChI is InChI=1S/C23H25N7O2/c1-16-26-21(15-22(27-16)30-11-4-5-12-30)24-9-10-25-23(31)20-14-19(28-29(20)2)17-7-6-8-18(13-17)32-3/h4-8,11-15H,9-10H2,1-3H3,(H,25,31)(H,24,26,27). The smallest absolute Gasteiger partial charge is 0.269 e. The summed E-state index contributed by atoms with van der Waals surface area (Å²) in [6, 6.07) is 15.1. The number of nitrogens with zero attached hydrogens (tertiary/aromatic N) is 5. The lowest BCUT2D eigenvalue weighted by molar-refractivity contribution is 0.0946. The second-order valence-electron chi connectivity index (χ2n) is 7.20. The number of benzene rings is 1. The van der Waals surface area contributed by atoms with Crippen LogP contribution in [0.15, 0.2) is 60.9 Å². The third-order valence-electron chi connectivity index (χ3n) is 4.89. The number of methoxy groups -OCH3 is 1. The number of carbonyl (C=O) groups is 1. The fourth-order valence-corrected chi connectivity index (χ4v) is 3.32. The third-order valence-corrected chi connectivity index (χ3v) is 4.89. The molecule has 32 heavy (non-hydrogen) atoms. The lowest BCUT2D eigenvalue weighted by Gasteiger charge is -2.10. The Hall–Kier alpha value is -4.14. The van der Waals surface area contributed by atoms with Crippen molar-refractivity contribution in [3.63, 3.8) is 0 Å². The van der Waals surface area contributed by atoms with E-state index in [-0.39, 0.29) is 5.91 Å². The van der Waals surface area contributed by atoms with Gasteiger partial charge in [0.25, 0.3) is 5.91 Å². The summed E-state index contributed by atoms with van der Waals surface area (Å²) in [6.07, 6.45) is 3.86. The van der Waals surface area contributed by atoms with Gasteiger partial charge in [-0.3, -0.25) is 9.48 Å². The first kappa shape index (κ1) is 21.1. The number of aryl methyl sites for hydroxylation is 2. The van der Waals surface area contributed by atoms with Gasteiger partial charge in [-0.05, 0) is 37.3 Å². The fourth-order valence-electron chi connectivity index (χ4n) is 3.32. The average molecular weight is 432 g/mol. The van der Waals surface area contributed by atoms with Crippen molar-refractivity contribution >= 4 is 11.7 Å². The van der Waals surface area contributed by atoms with E-state index in [0.717, 1.165) is 17.1 Å². The quantitative estimate of drug-likeness (QED) is 0.416. The Balaban J connectivity index is 1.35. The summed E-state index contributed by atoms with van der Waals surface area (Å²) in [5.74, 6) is 2.71. The number of amides is 1. The molecule has 1 amide bonds.